The van der Waals surface area contributed by atoms with Gasteiger partial charge in [0.25, 0.3) is 0 Å². The van der Waals surface area contributed by atoms with Gasteiger partial charge >= 0.3 is 11.9 Å². The Morgan fingerprint density at radius 3 is 1.96 bits per heavy atom. The number of carbonyl (C=O) groups is 4. The van der Waals surface area contributed by atoms with Crippen LogP contribution < -0.4 is 10.6 Å². The molecule has 0 aromatic carbocycles. The Bertz CT molecular complexity index is 466. The Morgan fingerprint density at radius 1 is 1.00 bits per heavy atom. The second kappa shape index (κ2) is 14.2. The molecule has 0 saturated heterocycles. The van der Waals surface area contributed by atoms with Gasteiger partial charge in [-0.1, -0.05) is 0 Å². The van der Waals surface area contributed by atoms with Gasteiger partial charge in [-0.3, -0.25) is 14.4 Å². The molecule has 0 aliphatic heterocycles. The first-order valence-electron chi connectivity index (χ1n) is 7.67. The molecule has 24 heavy (non-hydrogen) atoms. The van der Waals surface area contributed by atoms with Gasteiger partial charge < -0.3 is 20.1 Å². The maximum absolute atomic E-state index is 10.9. The minimum Gasteiger partial charge on any atom is -0.466 e. The molecule has 0 fully saturated rings. The van der Waals surface area contributed by atoms with Gasteiger partial charge in [0.05, 0.1) is 19.6 Å². The predicted molar refractivity (Wildman–Crippen MR) is 90.8 cm³/mol. The van der Waals surface area contributed by atoms with Crippen LogP contribution in [0.25, 0.3) is 0 Å². The van der Waals surface area contributed by atoms with Crippen molar-refractivity contribution in [1.82, 2.24) is 10.6 Å². The van der Waals surface area contributed by atoms with Crippen LogP contribution in [-0.4, -0.2) is 43.0 Å². The van der Waals surface area contributed by atoms with E-state index in [1.807, 2.05) is 0 Å². The number of carbonyl (C=O) groups excluding carboxylic acids is 4. The Balaban J connectivity index is -0.000000372. The maximum Gasteiger partial charge on any atom is 0.332 e. The summed E-state index contributed by atoms with van der Waals surface area (Å²) >= 11 is 0. The van der Waals surface area contributed by atoms with Crippen molar-refractivity contribution < 1.29 is 30.1 Å². The lowest BCUT2D eigenvalue weighted by molar-refractivity contribution is -0.143. The molecule has 0 spiro atoms. The molecule has 0 rings (SSSR count). The summed E-state index contributed by atoms with van der Waals surface area (Å²) in [5.41, 5.74) is 0.487. The second-order valence-electron chi connectivity index (χ2n) is 4.87. The molecule has 1 unspecified atom stereocenters. The molecule has 0 aliphatic rings. The summed E-state index contributed by atoms with van der Waals surface area (Å²) in [4.78, 5) is 42.7. The van der Waals surface area contributed by atoms with E-state index in [2.05, 4.69) is 15.4 Å². The minimum atomic E-state index is -0.441. The highest BCUT2D eigenvalue weighted by Gasteiger charge is 2.09. The zero-order valence-corrected chi connectivity index (χ0v) is 15.2. The van der Waals surface area contributed by atoms with Crippen molar-refractivity contribution in [3.63, 3.8) is 0 Å². The van der Waals surface area contributed by atoms with Gasteiger partial charge in [0.1, 0.15) is 0 Å². The van der Waals surface area contributed by atoms with Crippen LogP contribution in [0.2, 0.25) is 0 Å². The Labute approximate surface area is 144 Å². The van der Waals surface area contributed by atoms with Gasteiger partial charge in [-0.15, -0.1) is 0 Å². The summed E-state index contributed by atoms with van der Waals surface area (Å²) in [5.74, 6) is -1.05. The Morgan fingerprint density at radius 2 is 1.54 bits per heavy atom. The van der Waals surface area contributed by atoms with Crippen molar-refractivity contribution in [3.05, 3.63) is 11.8 Å². The number of esters is 2. The molecule has 0 aromatic heterocycles. The number of ether oxygens (including phenoxy) is 2. The van der Waals surface area contributed by atoms with Crippen LogP contribution in [-0.2, 0) is 28.7 Å². The summed E-state index contributed by atoms with van der Waals surface area (Å²) in [7, 11) is 0. The molecule has 0 saturated carbocycles. The molecule has 8 nitrogen and oxygen atoms in total. The molecule has 0 radical (unpaired) electrons. The number of allylic oxidation sites excluding steroid dienone is 1. The molecule has 2 N–H and O–H groups in total. The molecule has 0 aromatic rings. The van der Waals surface area contributed by atoms with E-state index in [-0.39, 0.29) is 31.7 Å². The van der Waals surface area contributed by atoms with Crippen LogP contribution >= 0.6 is 0 Å². The van der Waals surface area contributed by atoms with E-state index in [1.165, 1.54) is 19.9 Å². The molecular formula is C16H30N2O6. The molecule has 0 aliphatic carbocycles. The molecule has 0 bridgehead atoms. The third-order valence-electron chi connectivity index (χ3n) is 2.22. The van der Waals surface area contributed by atoms with Crippen LogP contribution in [0.1, 0.15) is 49.4 Å². The number of amides is 2. The zero-order valence-electron chi connectivity index (χ0n) is 15.2. The van der Waals surface area contributed by atoms with Crippen LogP contribution in [0.3, 0.4) is 0 Å². The molecule has 1 atom stereocenters. The van der Waals surface area contributed by atoms with E-state index in [9.17, 15) is 19.2 Å². The van der Waals surface area contributed by atoms with Crippen molar-refractivity contribution in [1.29, 1.82) is 0 Å². The van der Waals surface area contributed by atoms with Crippen molar-refractivity contribution >= 4 is 23.8 Å². The molecule has 2 amide bonds. The van der Waals surface area contributed by atoms with Crippen molar-refractivity contribution in [2.45, 2.75) is 54.0 Å². The first kappa shape index (κ1) is 23.9. The molecular weight excluding hydrogens is 316 g/mol. The highest BCUT2D eigenvalue weighted by atomic mass is 16.5. The first-order valence-corrected chi connectivity index (χ1v) is 7.67. The zero-order chi connectivity index (χ0) is 19.1. The summed E-state index contributed by atoms with van der Waals surface area (Å²) in [6.07, 6.45) is 1.47. The number of hydrogen-bond donors (Lipinski definition) is 2. The van der Waals surface area contributed by atoms with Crippen LogP contribution in [0.15, 0.2) is 11.8 Å². The van der Waals surface area contributed by atoms with E-state index in [4.69, 9.17) is 4.74 Å². The highest BCUT2D eigenvalue weighted by molar-refractivity contribution is 5.84. The fourth-order valence-electron chi connectivity index (χ4n) is 1.54. The SMILES string of the molecule is CCOC(=O)/C=C(\C)NC(C)=O.CCOC(=O)CC(C)NC(C)=O.[HH]. The lowest BCUT2D eigenvalue weighted by Gasteiger charge is -2.10. The predicted octanol–water partition coefficient (Wildman–Crippen LogP) is 1.30. The summed E-state index contributed by atoms with van der Waals surface area (Å²) < 4.78 is 9.33. The van der Waals surface area contributed by atoms with E-state index in [0.29, 0.717) is 18.9 Å². The highest BCUT2D eigenvalue weighted by Crippen LogP contribution is 1.93. The van der Waals surface area contributed by atoms with Gasteiger partial charge in [-0.05, 0) is 27.7 Å². The van der Waals surface area contributed by atoms with Crippen LogP contribution in [0.5, 0.6) is 0 Å². The average molecular weight is 346 g/mol. The largest absolute Gasteiger partial charge is 0.466 e. The summed E-state index contributed by atoms with van der Waals surface area (Å²) in [6, 6.07) is -0.151. The smallest absolute Gasteiger partial charge is 0.332 e. The number of nitrogens with one attached hydrogen (secondary N) is 2. The van der Waals surface area contributed by atoms with Crippen molar-refractivity contribution in [3.8, 4) is 0 Å². The van der Waals surface area contributed by atoms with Gasteiger partial charge in [0, 0.05) is 33.1 Å². The topological polar surface area (TPSA) is 111 Å². The average Bonchev–Trinajstić information content (AvgIpc) is 2.37. The molecule has 0 heterocycles. The monoisotopic (exact) mass is 346 g/mol. The van der Waals surface area contributed by atoms with E-state index >= 15 is 0 Å². The summed E-state index contributed by atoms with van der Waals surface area (Å²) in [5, 5.41) is 5.05. The van der Waals surface area contributed by atoms with Crippen LogP contribution in [0.4, 0.5) is 0 Å². The fourth-order valence-corrected chi connectivity index (χ4v) is 1.54. The van der Waals surface area contributed by atoms with Crippen LogP contribution in [0, 0.1) is 0 Å². The second-order valence-corrected chi connectivity index (χ2v) is 4.87. The van der Waals surface area contributed by atoms with Gasteiger partial charge in [0.15, 0.2) is 0 Å². The van der Waals surface area contributed by atoms with E-state index in [0.717, 1.165) is 0 Å². The third-order valence-corrected chi connectivity index (χ3v) is 2.22. The lowest BCUT2D eigenvalue weighted by Crippen LogP contribution is -2.32. The first-order chi connectivity index (χ1) is 11.1. The summed E-state index contributed by atoms with van der Waals surface area (Å²) in [6.45, 7) is 10.4. The Kier molecular flexibility index (Phi) is 14.2. The Hall–Kier alpha value is -2.38. The van der Waals surface area contributed by atoms with Gasteiger partial charge in [-0.25, -0.2) is 4.79 Å². The fraction of sp³-hybridized carbons (Fsp3) is 0.625. The standard InChI is InChI=1S/C8H15NO3.C8H13NO3.H2/c2*1-4-12-8(11)5-6(2)9-7(3)10;/h6H,4-5H2,1-3H3,(H,9,10);5H,4H2,1-3H3,(H,9,10);1H/b;6-5+;. The van der Waals surface area contributed by atoms with Gasteiger partial charge in [0.2, 0.25) is 11.8 Å². The number of rotatable bonds is 7. The molecule has 140 valence electrons. The van der Waals surface area contributed by atoms with E-state index < -0.39 is 5.97 Å². The van der Waals surface area contributed by atoms with Crippen molar-refractivity contribution in [2.24, 2.45) is 0 Å². The minimum absolute atomic E-state index is 0. The van der Waals surface area contributed by atoms with Crippen molar-refractivity contribution in [2.75, 3.05) is 13.2 Å². The van der Waals surface area contributed by atoms with Gasteiger partial charge in [-0.2, -0.15) is 0 Å². The normalized spacial score (nSPS) is 11.3. The van der Waals surface area contributed by atoms with E-state index in [1.54, 1.807) is 27.7 Å². The maximum atomic E-state index is 10.9. The third kappa shape index (κ3) is 17.7. The molecule has 8 heteroatoms. The quantitative estimate of drug-likeness (QED) is 0.531. The lowest BCUT2D eigenvalue weighted by atomic mass is 10.2. The number of hydrogen-bond acceptors (Lipinski definition) is 6.